The number of nitrogens with zero attached hydrogens (tertiary/aromatic N) is 2. The van der Waals surface area contributed by atoms with Gasteiger partial charge in [0.15, 0.2) is 9.12 Å². The molecule has 0 N–H and O–H groups in total. The van der Waals surface area contributed by atoms with E-state index in [0.717, 1.165) is 0 Å². The van der Waals surface area contributed by atoms with Crippen molar-refractivity contribution in [1.29, 1.82) is 0 Å². The number of hydrogen-bond donors (Lipinski definition) is 0. The Labute approximate surface area is 85.7 Å². The zero-order valence-electron chi connectivity index (χ0n) is 10.4. The SMILES string of the molecule is CCN(CC)[SiH](N(C)C)C(C)(C)C. The molecule has 0 saturated carbocycles. The van der Waals surface area contributed by atoms with E-state index in [1.807, 2.05) is 0 Å². The number of hydrogen-bond acceptors (Lipinski definition) is 2. The fourth-order valence-electron chi connectivity index (χ4n) is 2.22. The van der Waals surface area contributed by atoms with Crippen molar-refractivity contribution in [1.82, 2.24) is 9.13 Å². The van der Waals surface area contributed by atoms with Crippen LogP contribution in [-0.2, 0) is 0 Å². The lowest BCUT2D eigenvalue weighted by Crippen LogP contribution is -2.54. The molecule has 3 heteroatoms. The third-order valence-electron chi connectivity index (χ3n) is 2.42. The van der Waals surface area contributed by atoms with E-state index >= 15 is 0 Å². The highest BCUT2D eigenvalue weighted by Gasteiger charge is 2.32. The maximum atomic E-state index is 2.64. The van der Waals surface area contributed by atoms with Crippen molar-refractivity contribution in [3.63, 3.8) is 0 Å². The van der Waals surface area contributed by atoms with E-state index in [1.165, 1.54) is 13.1 Å². The molecule has 1 atom stereocenters. The monoisotopic (exact) mass is 202 g/mol. The van der Waals surface area contributed by atoms with E-state index in [4.69, 9.17) is 0 Å². The first-order chi connectivity index (χ1) is 5.84. The van der Waals surface area contributed by atoms with Crippen molar-refractivity contribution in [2.45, 2.75) is 39.7 Å². The van der Waals surface area contributed by atoms with Crippen LogP contribution in [0.3, 0.4) is 0 Å². The van der Waals surface area contributed by atoms with Crippen LogP contribution >= 0.6 is 0 Å². The van der Waals surface area contributed by atoms with Gasteiger partial charge in [-0.3, -0.25) is 0 Å². The summed E-state index contributed by atoms with van der Waals surface area (Å²) in [5.41, 5.74) is 0. The molecular weight excluding hydrogens is 176 g/mol. The molecule has 0 radical (unpaired) electrons. The quantitative estimate of drug-likeness (QED) is 0.643. The summed E-state index contributed by atoms with van der Waals surface area (Å²) in [6.07, 6.45) is 0. The molecule has 0 aromatic rings. The van der Waals surface area contributed by atoms with Crippen LogP contribution in [0, 0.1) is 0 Å². The van der Waals surface area contributed by atoms with E-state index < -0.39 is 9.12 Å². The van der Waals surface area contributed by atoms with Gasteiger partial charge < -0.3 is 9.13 Å². The van der Waals surface area contributed by atoms with E-state index in [2.05, 4.69) is 57.8 Å². The van der Waals surface area contributed by atoms with Gasteiger partial charge >= 0.3 is 0 Å². The molecule has 0 bridgehead atoms. The van der Waals surface area contributed by atoms with Crippen molar-refractivity contribution < 1.29 is 0 Å². The second-order valence-electron chi connectivity index (χ2n) is 4.92. The van der Waals surface area contributed by atoms with Crippen molar-refractivity contribution >= 4 is 9.12 Å². The van der Waals surface area contributed by atoms with E-state index in [-0.39, 0.29) is 0 Å². The van der Waals surface area contributed by atoms with Crippen LogP contribution in [-0.4, -0.2) is 45.4 Å². The first-order valence-corrected chi connectivity index (χ1v) is 6.86. The minimum atomic E-state index is -0.944. The van der Waals surface area contributed by atoms with E-state index in [1.54, 1.807) is 0 Å². The molecule has 0 aliphatic heterocycles. The Bertz CT molecular complexity index is 136. The molecule has 0 aromatic carbocycles. The Kier molecular flexibility index (Phi) is 5.18. The smallest absolute Gasteiger partial charge is 0.195 e. The minimum Gasteiger partial charge on any atom is -0.319 e. The Balaban J connectivity index is 4.59. The van der Waals surface area contributed by atoms with Gasteiger partial charge in [-0.15, -0.1) is 0 Å². The molecule has 0 heterocycles. The molecule has 0 aliphatic carbocycles. The van der Waals surface area contributed by atoms with Crippen LogP contribution in [0.5, 0.6) is 0 Å². The van der Waals surface area contributed by atoms with Crippen LogP contribution in [0.4, 0.5) is 0 Å². The van der Waals surface area contributed by atoms with Crippen LogP contribution in [0.15, 0.2) is 0 Å². The van der Waals surface area contributed by atoms with Gasteiger partial charge in [0, 0.05) is 0 Å². The standard InChI is InChI=1S/C10H26N2Si/c1-8-12(9-2)13(11(6)7)10(3,4)5/h13H,8-9H2,1-7H3. The van der Waals surface area contributed by atoms with Gasteiger partial charge in [0.05, 0.1) is 0 Å². The van der Waals surface area contributed by atoms with Crippen molar-refractivity contribution in [3.05, 3.63) is 0 Å². The van der Waals surface area contributed by atoms with Crippen LogP contribution in [0.1, 0.15) is 34.6 Å². The average molecular weight is 202 g/mol. The van der Waals surface area contributed by atoms with Gasteiger partial charge in [0.2, 0.25) is 0 Å². The lowest BCUT2D eigenvalue weighted by Gasteiger charge is -2.41. The largest absolute Gasteiger partial charge is 0.319 e. The second kappa shape index (κ2) is 5.13. The lowest BCUT2D eigenvalue weighted by molar-refractivity contribution is 0.392. The third-order valence-corrected chi connectivity index (χ3v) is 6.37. The van der Waals surface area contributed by atoms with Gasteiger partial charge in [-0.05, 0) is 32.2 Å². The first kappa shape index (κ1) is 13.1. The van der Waals surface area contributed by atoms with Crippen LogP contribution in [0.2, 0.25) is 5.04 Å². The molecule has 0 aliphatic rings. The van der Waals surface area contributed by atoms with Crippen LogP contribution < -0.4 is 0 Å². The molecule has 0 rings (SSSR count). The highest BCUT2D eigenvalue weighted by atomic mass is 28.3. The Morgan fingerprint density at radius 2 is 1.38 bits per heavy atom. The molecule has 0 fully saturated rings. The third kappa shape index (κ3) is 3.79. The van der Waals surface area contributed by atoms with Gasteiger partial charge in [-0.1, -0.05) is 34.6 Å². The summed E-state index contributed by atoms with van der Waals surface area (Å²) in [5, 5.41) is 0.454. The fourth-order valence-corrected chi connectivity index (χ4v) is 6.21. The minimum absolute atomic E-state index is 0.454. The molecular formula is C10H26N2Si. The molecule has 2 nitrogen and oxygen atoms in total. The first-order valence-electron chi connectivity index (χ1n) is 5.25. The molecule has 0 saturated heterocycles. The summed E-state index contributed by atoms with van der Waals surface area (Å²) in [4.78, 5) is 0. The van der Waals surface area contributed by atoms with Crippen molar-refractivity contribution in [2.75, 3.05) is 27.2 Å². The molecule has 1 unspecified atom stereocenters. The summed E-state index contributed by atoms with van der Waals surface area (Å²) in [6, 6.07) is 0. The summed E-state index contributed by atoms with van der Waals surface area (Å²) in [7, 11) is 3.50. The van der Waals surface area contributed by atoms with Crippen LogP contribution in [0.25, 0.3) is 0 Å². The van der Waals surface area contributed by atoms with Gasteiger partial charge in [-0.25, -0.2) is 0 Å². The van der Waals surface area contributed by atoms with Gasteiger partial charge in [0.25, 0.3) is 0 Å². The second-order valence-corrected chi connectivity index (χ2v) is 9.17. The number of rotatable bonds is 4. The Morgan fingerprint density at radius 3 is 1.46 bits per heavy atom. The Hall–Kier alpha value is 0.137. The van der Waals surface area contributed by atoms with Gasteiger partial charge in [0.1, 0.15) is 0 Å². The normalized spacial score (nSPS) is 15.5. The maximum Gasteiger partial charge on any atom is 0.195 e. The molecule has 80 valence electrons. The summed E-state index contributed by atoms with van der Waals surface area (Å²) in [5.74, 6) is 0. The average Bonchev–Trinajstić information content (AvgIpc) is 1.96. The fraction of sp³-hybridized carbons (Fsp3) is 1.00. The predicted molar refractivity (Wildman–Crippen MR) is 63.5 cm³/mol. The van der Waals surface area contributed by atoms with Crippen molar-refractivity contribution in [3.8, 4) is 0 Å². The highest BCUT2D eigenvalue weighted by Crippen LogP contribution is 2.29. The Morgan fingerprint density at radius 1 is 1.00 bits per heavy atom. The molecule has 0 amide bonds. The zero-order chi connectivity index (χ0) is 10.6. The molecule has 13 heavy (non-hydrogen) atoms. The van der Waals surface area contributed by atoms with E-state index in [9.17, 15) is 0 Å². The lowest BCUT2D eigenvalue weighted by atomic mass is 10.3. The zero-order valence-corrected chi connectivity index (χ0v) is 11.5. The maximum absolute atomic E-state index is 2.64. The summed E-state index contributed by atoms with van der Waals surface area (Å²) < 4.78 is 5.09. The highest BCUT2D eigenvalue weighted by molar-refractivity contribution is 6.56. The van der Waals surface area contributed by atoms with E-state index in [0.29, 0.717) is 5.04 Å². The molecule has 0 aromatic heterocycles. The summed E-state index contributed by atoms with van der Waals surface area (Å²) >= 11 is 0. The van der Waals surface area contributed by atoms with Crippen molar-refractivity contribution in [2.24, 2.45) is 0 Å². The van der Waals surface area contributed by atoms with Gasteiger partial charge in [-0.2, -0.15) is 0 Å². The molecule has 0 spiro atoms. The topological polar surface area (TPSA) is 6.48 Å². The summed E-state index contributed by atoms with van der Waals surface area (Å²) in [6.45, 7) is 14.0. The predicted octanol–water partition coefficient (Wildman–Crippen LogP) is 1.91.